The molecule has 0 radical (unpaired) electrons. The van der Waals surface area contributed by atoms with E-state index in [9.17, 15) is 4.79 Å². The molecule has 2 saturated heterocycles. The predicted octanol–water partition coefficient (Wildman–Crippen LogP) is 3.15. The van der Waals surface area contributed by atoms with Crippen LogP contribution in [0.25, 0.3) is 0 Å². The van der Waals surface area contributed by atoms with Crippen LogP contribution in [0.4, 0.5) is 4.79 Å². The Bertz CT molecular complexity index is 579. The lowest BCUT2D eigenvalue weighted by molar-refractivity contribution is 0.178. The van der Waals surface area contributed by atoms with Gasteiger partial charge >= 0.3 is 6.03 Å². The van der Waals surface area contributed by atoms with Crippen molar-refractivity contribution in [2.45, 2.75) is 55.1 Å². The van der Waals surface area contributed by atoms with Gasteiger partial charge in [-0.2, -0.15) is 0 Å². The maximum atomic E-state index is 12.5. The van der Waals surface area contributed by atoms with Crippen LogP contribution in [0.1, 0.15) is 43.7 Å². The van der Waals surface area contributed by atoms with Crippen molar-refractivity contribution in [2.75, 3.05) is 18.8 Å². The van der Waals surface area contributed by atoms with E-state index in [1.54, 1.807) is 0 Å². The normalized spacial score (nSPS) is 30.3. The highest BCUT2D eigenvalue weighted by Gasteiger charge is 2.36. The molecule has 0 saturated carbocycles. The number of amides is 2. The predicted molar refractivity (Wildman–Crippen MR) is 93.8 cm³/mol. The molecule has 0 aromatic heterocycles. The minimum Gasteiger partial charge on any atom is -0.334 e. The van der Waals surface area contributed by atoms with Crippen molar-refractivity contribution in [2.24, 2.45) is 0 Å². The standard InChI is InChI=1S/C18H25N3OS/c22-18(20-15-8-11-21-10-4-3-6-16(15)21)19-14-9-12-23-17-7-2-1-5-13(14)17/h1-2,5,7,14-16H,3-4,6,8-12H2,(H2,19,20,22). The lowest BCUT2D eigenvalue weighted by Crippen LogP contribution is -2.50. The summed E-state index contributed by atoms with van der Waals surface area (Å²) in [5.74, 6) is 1.07. The second kappa shape index (κ2) is 6.73. The highest BCUT2D eigenvalue weighted by Crippen LogP contribution is 2.35. The zero-order valence-corrected chi connectivity index (χ0v) is 14.3. The van der Waals surface area contributed by atoms with Gasteiger partial charge in [0.1, 0.15) is 0 Å². The quantitative estimate of drug-likeness (QED) is 0.875. The van der Waals surface area contributed by atoms with Gasteiger partial charge in [0, 0.05) is 29.3 Å². The number of carbonyl (C=O) groups excluding carboxylic acids is 1. The van der Waals surface area contributed by atoms with Crippen molar-refractivity contribution >= 4 is 17.8 Å². The van der Waals surface area contributed by atoms with Gasteiger partial charge < -0.3 is 10.6 Å². The fourth-order valence-corrected chi connectivity index (χ4v) is 5.40. The van der Waals surface area contributed by atoms with E-state index in [0.29, 0.717) is 12.1 Å². The molecule has 1 aromatic rings. The molecule has 4 rings (SSSR count). The minimum absolute atomic E-state index is 0.00845. The molecule has 0 bridgehead atoms. The summed E-state index contributed by atoms with van der Waals surface area (Å²) in [6.07, 6.45) is 5.94. The Morgan fingerprint density at radius 2 is 2.00 bits per heavy atom. The molecule has 5 heteroatoms. The number of hydrogen-bond donors (Lipinski definition) is 2. The third kappa shape index (κ3) is 3.22. The number of urea groups is 1. The Hall–Kier alpha value is -1.20. The fraction of sp³-hybridized carbons (Fsp3) is 0.611. The summed E-state index contributed by atoms with van der Waals surface area (Å²) in [7, 11) is 0. The average molecular weight is 331 g/mol. The summed E-state index contributed by atoms with van der Waals surface area (Å²) in [5, 5.41) is 6.47. The molecular weight excluding hydrogens is 306 g/mol. The number of piperidine rings is 1. The fourth-order valence-electron chi connectivity index (χ4n) is 4.28. The molecule has 1 aromatic carbocycles. The molecule has 3 aliphatic rings. The number of hydrogen-bond acceptors (Lipinski definition) is 3. The van der Waals surface area contributed by atoms with Gasteiger partial charge in [0.15, 0.2) is 0 Å². The SMILES string of the molecule is O=C(NC1CCSc2ccccc21)NC1CCN2CCCCC12. The van der Waals surface area contributed by atoms with Crippen molar-refractivity contribution in [3.05, 3.63) is 29.8 Å². The lowest BCUT2D eigenvalue weighted by Gasteiger charge is -2.33. The summed E-state index contributed by atoms with van der Waals surface area (Å²) in [4.78, 5) is 16.4. The number of fused-ring (bicyclic) bond motifs is 2. The highest BCUT2D eigenvalue weighted by molar-refractivity contribution is 7.99. The van der Waals surface area contributed by atoms with Gasteiger partial charge in [-0.15, -0.1) is 11.8 Å². The van der Waals surface area contributed by atoms with Gasteiger partial charge in [-0.25, -0.2) is 4.79 Å². The van der Waals surface area contributed by atoms with E-state index in [-0.39, 0.29) is 12.1 Å². The molecule has 23 heavy (non-hydrogen) atoms. The Morgan fingerprint density at radius 1 is 1.09 bits per heavy atom. The molecule has 2 N–H and O–H groups in total. The smallest absolute Gasteiger partial charge is 0.315 e. The molecule has 3 atom stereocenters. The van der Waals surface area contributed by atoms with Gasteiger partial charge in [0.25, 0.3) is 0 Å². The van der Waals surface area contributed by atoms with E-state index < -0.39 is 0 Å². The average Bonchev–Trinajstić information content (AvgIpc) is 2.98. The van der Waals surface area contributed by atoms with E-state index in [2.05, 4.69) is 39.8 Å². The number of thioether (sulfide) groups is 1. The number of nitrogens with one attached hydrogen (secondary N) is 2. The van der Waals surface area contributed by atoms with Crippen LogP contribution in [0.5, 0.6) is 0 Å². The van der Waals surface area contributed by atoms with E-state index in [1.807, 2.05) is 11.8 Å². The van der Waals surface area contributed by atoms with Crippen LogP contribution in [0.15, 0.2) is 29.2 Å². The third-order valence-corrected chi connectivity index (χ3v) is 6.56. The summed E-state index contributed by atoms with van der Waals surface area (Å²) >= 11 is 1.89. The summed E-state index contributed by atoms with van der Waals surface area (Å²) in [5.41, 5.74) is 1.27. The van der Waals surface area contributed by atoms with Crippen molar-refractivity contribution in [3.8, 4) is 0 Å². The Kier molecular flexibility index (Phi) is 4.49. The lowest BCUT2D eigenvalue weighted by atomic mass is 9.99. The topological polar surface area (TPSA) is 44.4 Å². The molecule has 2 fully saturated rings. The monoisotopic (exact) mass is 331 g/mol. The first-order valence-corrected chi connectivity index (χ1v) is 9.82. The van der Waals surface area contributed by atoms with Crippen molar-refractivity contribution in [3.63, 3.8) is 0 Å². The van der Waals surface area contributed by atoms with E-state index in [0.717, 1.165) is 25.1 Å². The van der Waals surface area contributed by atoms with Crippen LogP contribution < -0.4 is 10.6 Å². The highest BCUT2D eigenvalue weighted by atomic mass is 32.2. The van der Waals surface area contributed by atoms with Gasteiger partial charge in [0.2, 0.25) is 0 Å². The van der Waals surface area contributed by atoms with Gasteiger partial charge in [0.05, 0.1) is 6.04 Å². The molecule has 2 amide bonds. The van der Waals surface area contributed by atoms with Crippen LogP contribution >= 0.6 is 11.8 Å². The van der Waals surface area contributed by atoms with Gasteiger partial charge in [-0.1, -0.05) is 24.6 Å². The molecule has 3 aliphatic heterocycles. The second-order valence-corrected chi connectivity index (χ2v) is 7.98. The maximum absolute atomic E-state index is 12.5. The number of benzene rings is 1. The first-order chi connectivity index (χ1) is 11.3. The van der Waals surface area contributed by atoms with Gasteiger partial charge in [-0.05, 0) is 43.9 Å². The summed E-state index contributed by atoms with van der Waals surface area (Å²) in [6, 6.07) is 9.48. The summed E-state index contributed by atoms with van der Waals surface area (Å²) < 4.78 is 0. The largest absolute Gasteiger partial charge is 0.334 e. The molecule has 4 nitrogen and oxygen atoms in total. The minimum atomic E-state index is 0.00845. The Morgan fingerprint density at radius 3 is 2.96 bits per heavy atom. The number of rotatable bonds is 2. The van der Waals surface area contributed by atoms with E-state index in [4.69, 9.17) is 0 Å². The van der Waals surface area contributed by atoms with Crippen LogP contribution in [-0.4, -0.2) is 41.9 Å². The van der Waals surface area contributed by atoms with E-state index in [1.165, 1.54) is 36.3 Å². The molecule has 0 spiro atoms. The second-order valence-electron chi connectivity index (χ2n) is 6.84. The molecule has 3 heterocycles. The van der Waals surface area contributed by atoms with Crippen LogP contribution in [0.3, 0.4) is 0 Å². The molecule has 3 unspecified atom stereocenters. The van der Waals surface area contributed by atoms with Crippen molar-refractivity contribution < 1.29 is 4.79 Å². The van der Waals surface area contributed by atoms with Crippen LogP contribution in [-0.2, 0) is 0 Å². The molecule has 0 aliphatic carbocycles. The van der Waals surface area contributed by atoms with Crippen LogP contribution in [0.2, 0.25) is 0 Å². The molecular formula is C18H25N3OS. The first-order valence-electron chi connectivity index (χ1n) is 8.84. The number of carbonyl (C=O) groups is 1. The zero-order chi connectivity index (χ0) is 15.6. The Balaban J connectivity index is 1.37. The third-order valence-electron chi connectivity index (χ3n) is 5.44. The first kappa shape index (κ1) is 15.3. The zero-order valence-electron chi connectivity index (χ0n) is 13.5. The van der Waals surface area contributed by atoms with Crippen LogP contribution in [0, 0.1) is 0 Å². The van der Waals surface area contributed by atoms with E-state index >= 15 is 0 Å². The Labute approximate surface area is 142 Å². The van der Waals surface area contributed by atoms with Crippen molar-refractivity contribution in [1.29, 1.82) is 0 Å². The summed E-state index contributed by atoms with van der Waals surface area (Å²) in [6.45, 7) is 2.34. The number of nitrogens with zero attached hydrogens (tertiary/aromatic N) is 1. The molecule has 124 valence electrons. The van der Waals surface area contributed by atoms with Crippen molar-refractivity contribution in [1.82, 2.24) is 15.5 Å². The maximum Gasteiger partial charge on any atom is 0.315 e. The van der Waals surface area contributed by atoms with Gasteiger partial charge in [-0.3, -0.25) is 4.90 Å².